The first-order valence-electron chi connectivity index (χ1n) is 8.82. The third-order valence-corrected chi connectivity index (χ3v) is 3.84. The number of pyridine rings is 1. The minimum absolute atomic E-state index is 0.00530. The molecule has 0 spiro atoms. The molecule has 0 aliphatic carbocycles. The van der Waals surface area contributed by atoms with Gasteiger partial charge in [-0.3, -0.25) is 4.98 Å². The van der Waals surface area contributed by atoms with Crippen molar-refractivity contribution in [3.8, 4) is 0 Å². The lowest BCUT2D eigenvalue weighted by atomic mass is 10.1. The highest BCUT2D eigenvalue weighted by atomic mass is 35.5. The Labute approximate surface area is 162 Å². The predicted octanol–water partition coefficient (Wildman–Crippen LogP) is 4.51. The molecule has 1 N–H and O–H groups in total. The zero-order valence-corrected chi connectivity index (χ0v) is 17.1. The third kappa shape index (κ3) is 8.30. The fourth-order valence-electron chi connectivity index (χ4n) is 2.04. The largest absolute Gasteiger partial charge is 0.331 e. The summed E-state index contributed by atoms with van der Waals surface area (Å²) in [6.07, 6.45) is 9.22. The van der Waals surface area contributed by atoms with E-state index in [9.17, 15) is 9.59 Å². The summed E-state index contributed by atoms with van der Waals surface area (Å²) in [6, 6.07) is 3.63. The fourth-order valence-corrected chi connectivity index (χ4v) is 2.19. The van der Waals surface area contributed by atoms with Crippen LogP contribution >= 0.6 is 11.6 Å². The second-order valence-corrected chi connectivity index (χ2v) is 5.63. The van der Waals surface area contributed by atoms with Crippen LogP contribution in [0.1, 0.15) is 51.1 Å². The van der Waals surface area contributed by atoms with E-state index in [1.54, 1.807) is 11.9 Å². The number of allylic oxidation sites excluding steroid dienone is 1. The van der Waals surface area contributed by atoms with Crippen LogP contribution in [0.4, 0.5) is 4.79 Å². The number of urea groups is 1. The molecule has 0 saturated heterocycles. The molecule has 1 rings (SSSR count). The van der Waals surface area contributed by atoms with Crippen molar-refractivity contribution in [2.75, 3.05) is 13.6 Å². The number of aldehydes is 1. The van der Waals surface area contributed by atoms with Crippen molar-refractivity contribution < 1.29 is 9.59 Å². The molecule has 0 aromatic carbocycles. The molecule has 6 heteroatoms. The first-order valence-corrected chi connectivity index (χ1v) is 9.36. The molecule has 0 aliphatic heterocycles. The standard InChI is InChI=1S/C18H24ClN3O2.C2H6/c1-4-6-15-9-10-16(13-19)21-17(15)8-5-7-14(2)22(3)18(24)20-11-12-23;1-2/h4-6,8-10,12,14H,7,11,13H2,1-3H3,(H,20,24);1-2H3/b6-4+,8-5+;. The molecule has 1 aromatic rings. The number of amides is 2. The first-order chi connectivity index (χ1) is 12.5. The van der Waals surface area contributed by atoms with Gasteiger partial charge < -0.3 is 15.0 Å². The van der Waals surface area contributed by atoms with Gasteiger partial charge in [-0.15, -0.1) is 11.6 Å². The van der Waals surface area contributed by atoms with E-state index in [0.29, 0.717) is 18.6 Å². The van der Waals surface area contributed by atoms with Gasteiger partial charge in [0.05, 0.1) is 23.8 Å². The molecule has 144 valence electrons. The molecule has 1 unspecified atom stereocenters. The molecule has 2 amide bonds. The van der Waals surface area contributed by atoms with Gasteiger partial charge in [0.2, 0.25) is 0 Å². The van der Waals surface area contributed by atoms with Gasteiger partial charge in [0.1, 0.15) is 6.29 Å². The Morgan fingerprint density at radius 3 is 2.62 bits per heavy atom. The summed E-state index contributed by atoms with van der Waals surface area (Å²) in [5, 5.41) is 2.52. The summed E-state index contributed by atoms with van der Waals surface area (Å²) >= 11 is 5.85. The number of halogens is 1. The van der Waals surface area contributed by atoms with Gasteiger partial charge in [-0.25, -0.2) is 4.79 Å². The number of aromatic nitrogens is 1. The van der Waals surface area contributed by atoms with Crippen LogP contribution in [0.15, 0.2) is 24.3 Å². The van der Waals surface area contributed by atoms with Crippen molar-refractivity contribution in [2.45, 2.75) is 46.0 Å². The average Bonchev–Trinajstić information content (AvgIpc) is 2.68. The van der Waals surface area contributed by atoms with Gasteiger partial charge in [-0.2, -0.15) is 0 Å². The van der Waals surface area contributed by atoms with Crippen molar-refractivity contribution in [2.24, 2.45) is 0 Å². The number of rotatable bonds is 8. The minimum Gasteiger partial charge on any atom is -0.331 e. The van der Waals surface area contributed by atoms with Crippen molar-refractivity contribution in [3.63, 3.8) is 0 Å². The Morgan fingerprint density at radius 1 is 1.35 bits per heavy atom. The number of nitrogens with one attached hydrogen (secondary N) is 1. The lowest BCUT2D eigenvalue weighted by Gasteiger charge is -2.23. The lowest BCUT2D eigenvalue weighted by Crippen LogP contribution is -2.42. The summed E-state index contributed by atoms with van der Waals surface area (Å²) in [7, 11) is 1.70. The van der Waals surface area contributed by atoms with Crippen LogP contribution < -0.4 is 5.32 Å². The van der Waals surface area contributed by atoms with Gasteiger partial charge in [0.15, 0.2) is 0 Å². The average molecular weight is 380 g/mol. The third-order valence-electron chi connectivity index (χ3n) is 3.57. The van der Waals surface area contributed by atoms with E-state index in [1.165, 1.54) is 0 Å². The van der Waals surface area contributed by atoms with E-state index < -0.39 is 0 Å². The number of hydrogen-bond acceptors (Lipinski definition) is 3. The highest BCUT2D eigenvalue weighted by molar-refractivity contribution is 6.16. The first kappa shape index (κ1) is 23.9. The van der Waals surface area contributed by atoms with E-state index in [1.807, 2.05) is 64.1 Å². The maximum Gasteiger partial charge on any atom is 0.317 e. The lowest BCUT2D eigenvalue weighted by molar-refractivity contribution is -0.107. The highest BCUT2D eigenvalue weighted by Crippen LogP contribution is 2.14. The molecule has 1 atom stereocenters. The van der Waals surface area contributed by atoms with Crippen LogP contribution in [0.5, 0.6) is 0 Å². The molecule has 0 bridgehead atoms. The topological polar surface area (TPSA) is 62.3 Å². The van der Waals surface area contributed by atoms with Gasteiger partial charge >= 0.3 is 6.03 Å². The smallest absolute Gasteiger partial charge is 0.317 e. The summed E-state index contributed by atoms with van der Waals surface area (Å²) in [5.41, 5.74) is 2.70. The van der Waals surface area contributed by atoms with Gasteiger partial charge in [-0.1, -0.05) is 38.1 Å². The number of carbonyl (C=O) groups is 2. The number of alkyl halides is 1. The summed E-state index contributed by atoms with van der Waals surface area (Å²) < 4.78 is 0. The zero-order valence-electron chi connectivity index (χ0n) is 16.3. The quantitative estimate of drug-likeness (QED) is 0.533. The van der Waals surface area contributed by atoms with Crippen LogP contribution in [0.2, 0.25) is 0 Å². The Kier molecular flexibility index (Phi) is 12.9. The minimum atomic E-state index is -0.264. The Balaban J connectivity index is 0.00000301. The Bertz CT molecular complexity index is 615. The highest BCUT2D eigenvalue weighted by Gasteiger charge is 2.13. The zero-order chi connectivity index (χ0) is 19.9. The number of hydrogen-bond donors (Lipinski definition) is 1. The van der Waals surface area contributed by atoms with Crippen LogP contribution in [-0.4, -0.2) is 41.8 Å². The second kappa shape index (κ2) is 14.1. The Morgan fingerprint density at radius 2 is 2.04 bits per heavy atom. The van der Waals surface area contributed by atoms with Gasteiger partial charge in [0.25, 0.3) is 0 Å². The van der Waals surface area contributed by atoms with Crippen molar-refractivity contribution in [3.05, 3.63) is 41.2 Å². The summed E-state index contributed by atoms with van der Waals surface area (Å²) in [6.45, 7) is 7.92. The molecule has 0 aliphatic rings. The van der Waals surface area contributed by atoms with Crippen LogP contribution in [0.25, 0.3) is 12.2 Å². The number of nitrogens with zero attached hydrogens (tertiary/aromatic N) is 2. The molecular formula is C20H30ClN3O2. The van der Waals surface area contributed by atoms with E-state index in [2.05, 4.69) is 10.3 Å². The predicted molar refractivity (Wildman–Crippen MR) is 110 cm³/mol. The molecule has 0 saturated carbocycles. The molecule has 1 aromatic heterocycles. The molecular weight excluding hydrogens is 350 g/mol. The van der Waals surface area contributed by atoms with Crippen molar-refractivity contribution >= 4 is 36.1 Å². The molecule has 1 heterocycles. The monoisotopic (exact) mass is 379 g/mol. The van der Waals surface area contributed by atoms with E-state index in [4.69, 9.17) is 11.6 Å². The molecule has 5 nitrogen and oxygen atoms in total. The van der Waals surface area contributed by atoms with E-state index >= 15 is 0 Å². The van der Waals surface area contributed by atoms with Crippen LogP contribution in [0.3, 0.4) is 0 Å². The van der Waals surface area contributed by atoms with Crippen molar-refractivity contribution in [1.29, 1.82) is 0 Å². The summed E-state index contributed by atoms with van der Waals surface area (Å²) in [5.74, 6) is 0.368. The molecule has 0 radical (unpaired) electrons. The Hall–Kier alpha value is -2.14. The second-order valence-electron chi connectivity index (χ2n) is 5.36. The normalized spacial score (nSPS) is 11.8. The number of carbonyl (C=O) groups excluding carboxylic acids is 2. The SMILES string of the molecule is C/C=C/c1ccc(CCl)nc1/C=C/CC(C)N(C)C(=O)NCC=O.CC. The van der Waals surface area contributed by atoms with Gasteiger partial charge in [0, 0.05) is 13.1 Å². The van der Waals surface area contributed by atoms with Gasteiger partial charge in [-0.05, 0) is 38.0 Å². The maximum atomic E-state index is 11.8. The molecule has 26 heavy (non-hydrogen) atoms. The van der Waals surface area contributed by atoms with Crippen LogP contribution in [-0.2, 0) is 10.7 Å². The van der Waals surface area contributed by atoms with E-state index in [-0.39, 0.29) is 18.6 Å². The molecule has 0 fully saturated rings. The maximum absolute atomic E-state index is 11.8. The van der Waals surface area contributed by atoms with Crippen LogP contribution in [0, 0.1) is 0 Å². The fraction of sp³-hybridized carbons (Fsp3) is 0.450. The van der Waals surface area contributed by atoms with Crippen molar-refractivity contribution in [1.82, 2.24) is 15.2 Å². The van der Waals surface area contributed by atoms with E-state index in [0.717, 1.165) is 17.0 Å². The summed E-state index contributed by atoms with van der Waals surface area (Å²) in [4.78, 5) is 28.2.